The lowest BCUT2D eigenvalue weighted by Crippen LogP contribution is -2.38. The molecule has 0 aromatic carbocycles. The fourth-order valence-corrected chi connectivity index (χ4v) is 2.94. The minimum Gasteiger partial charge on any atom is -0.317 e. The van der Waals surface area contributed by atoms with E-state index < -0.39 is 0 Å². The third kappa shape index (κ3) is 2.60. The third-order valence-corrected chi connectivity index (χ3v) is 3.88. The average Bonchev–Trinajstić information content (AvgIpc) is 2.48. The largest absolute Gasteiger partial charge is 0.317 e. The second-order valence-electron chi connectivity index (χ2n) is 5.25. The van der Waals surface area contributed by atoms with Crippen molar-refractivity contribution in [2.45, 2.75) is 52.0 Å². The Labute approximate surface area is 89.0 Å². The quantitative estimate of drug-likeness (QED) is 0.663. The average molecular weight is 195 g/mol. The molecule has 0 radical (unpaired) electrons. The highest BCUT2D eigenvalue weighted by Crippen LogP contribution is 2.45. The van der Waals surface area contributed by atoms with Crippen LogP contribution >= 0.6 is 0 Å². The van der Waals surface area contributed by atoms with Crippen molar-refractivity contribution < 1.29 is 0 Å². The van der Waals surface area contributed by atoms with E-state index in [1.807, 2.05) is 6.08 Å². The Balaban J connectivity index is 2.54. The van der Waals surface area contributed by atoms with Gasteiger partial charge in [-0.3, -0.25) is 0 Å². The van der Waals surface area contributed by atoms with Gasteiger partial charge in [-0.25, -0.2) is 0 Å². The molecule has 0 spiro atoms. The number of nitrogens with one attached hydrogen (secondary N) is 1. The second-order valence-corrected chi connectivity index (χ2v) is 5.25. The van der Waals surface area contributed by atoms with Gasteiger partial charge in [-0.05, 0) is 44.1 Å². The van der Waals surface area contributed by atoms with Crippen molar-refractivity contribution in [3.05, 3.63) is 12.7 Å². The molecule has 0 aromatic rings. The van der Waals surface area contributed by atoms with Crippen molar-refractivity contribution in [1.82, 2.24) is 5.32 Å². The van der Waals surface area contributed by atoms with Gasteiger partial charge in [0.05, 0.1) is 0 Å². The van der Waals surface area contributed by atoms with Crippen LogP contribution in [0.25, 0.3) is 0 Å². The van der Waals surface area contributed by atoms with Gasteiger partial charge in [-0.2, -0.15) is 0 Å². The minimum atomic E-state index is 0.537. The molecule has 0 amide bonds. The smallest absolute Gasteiger partial charge is 0.0100 e. The Morgan fingerprint density at radius 1 is 1.57 bits per heavy atom. The zero-order valence-electron chi connectivity index (χ0n) is 9.97. The standard InChI is InChI=1S/C13H25N/c1-5-6-9-12(14-4)11-8-7-10-13(11,2)3/h5,11-12,14H,1,6-10H2,2-4H3. The third-order valence-electron chi connectivity index (χ3n) is 3.88. The van der Waals surface area contributed by atoms with E-state index in [-0.39, 0.29) is 0 Å². The second kappa shape index (κ2) is 4.97. The summed E-state index contributed by atoms with van der Waals surface area (Å²) in [5, 5.41) is 3.49. The maximum Gasteiger partial charge on any atom is 0.0100 e. The van der Waals surface area contributed by atoms with Gasteiger partial charge >= 0.3 is 0 Å². The predicted octanol–water partition coefficient (Wildman–Crippen LogP) is 3.37. The summed E-state index contributed by atoms with van der Waals surface area (Å²) in [7, 11) is 2.10. The summed E-state index contributed by atoms with van der Waals surface area (Å²) in [5.41, 5.74) is 0.537. The summed E-state index contributed by atoms with van der Waals surface area (Å²) >= 11 is 0. The highest BCUT2D eigenvalue weighted by Gasteiger charge is 2.38. The first-order valence-corrected chi connectivity index (χ1v) is 5.90. The Kier molecular flexibility index (Phi) is 4.18. The van der Waals surface area contributed by atoms with Crippen LogP contribution in [0.15, 0.2) is 12.7 Å². The highest BCUT2D eigenvalue weighted by atomic mass is 14.9. The van der Waals surface area contributed by atoms with Crippen molar-refractivity contribution in [2.75, 3.05) is 7.05 Å². The van der Waals surface area contributed by atoms with Crippen molar-refractivity contribution in [3.8, 4) is 0 Å². The number of hydrogen-bond acceptors (Lipinski definition) is 1. The molecule has 0 heterocycles. The van der Waals surface area contributed by atoms with E-state index in [0.717, 1.165) is 12.3 Å². The summed E-state index contributed by atoms with van der Waals surface area (Å²) < 4.78 is 0. The molecule has 0 aliphatic heterocycles. The number of hydrogen-bond donors (Lipinski definition) is 1. The Morgan fingerprint density at radius 3 is 2.71 bits per heavy atom. The van der Waals surface area contributed by atoms with E-state index in [0.29, 0.717) is 11.5 Å². The molecule has 0 aromatic heterocycles. The lowest BCUT2D eigenvalue weighted by Gasteiger charge is -2.34. The summed E-state index contributed by atoms with van der Waals surface area (Å²) in [6.45, 7) is 8.64. The molecule has 2 atom stereocenters. The van der Waals surface area contributed by atoms with Crippen molar-refractivity contribution in [2.24, 2.45) is 11.3 Å². The van der Waals surface area contributed by atoms with Gasteiger partial charge in [0, 0.05) is 6.04 Å². The van der Waals surface area contributed by atoms with Crippen LogP contribution in [0.5, 0.6) is 0 Å². The van der Waals surface area contributed by atoms with Gasteiger partial charge in [0.25, 0.3) is 0 Å². The first kappa shape index (κ1) is 11.8. The Bertz CT molecular complexity index is 184. The molecule has 1 nitrogen and oxygen atoms in total. The molecule has 0 bridgehead atoms. The van der Waals surface area contributed by atoms with E-state index in [2.05, 4.69) is 32.8 Å². The van der Waals surface area contributed by atoms with Crippen LogP contribution in [0, 0.1) is 11.3 Å². The highest BCUT2D eigenvalue weighted by molar-refractivity contribution is 4.92. The van der Waals surface area contributed by atoms with Gasteiger partial charge < -0.3 is 5.32 Å². The molecule has 82 valence electrons. The molecule has 1 aliphatic carbocycles. The maximum absolute atomic E-state index is 3.80. The molecular formula is C13H25N. The summed E-state index contributed by atoms with van der Waals surface area (Å²) in [4.78, 5) is 0. The van der Waals surface area contributed by atoms with Gasteiger partial charge in [0.2, 0.25) is 0 Å². The first-order chi connectivity index (χ1) is 6.61. The lowest BCUT2D eigenvalue weighted by molar-refractivity contribution is 0.196. The fraction of sp³-hybridized carbons (Fsp3) is 0.846. The van der Waals surface area contributed by atoms with E-state index in [9.17, 15) is 0 Å². The molecule has 1 aliphatic rings. The van der Waals surface area contributed by atoms with Crippen LogP contribution in [0.4, 0.5) is 0 Å². The number of rotatable bonds is 5. The van der Waals surface area contributed by atoms with E-state index in [4.69, 9.17) is 0 Å². The number of allylic oxidation sites excluding steroid dienone is 1. The van der Waals surface area contributed by atoms with Gasteiger partial charge in [-0.1, -0.05) is 26.3 Å². The molecular weight excluding hydrogens is 170 g/mol. The predicted molar refractivity (Wildman–Crippen MR) is 63.4 cm³/mol. The fourth-order valence-electron chi connectivity index (χ4n) is 2.94. The summed E-state index contributed by atoms with van der Waals surface area (Å²) in [6, 6.07) is 0.686. The normalized spacial score (nSPS) is 27.5. The van der Waals surface area contributed by atoms with E-state index in [1.54, 1.807) is 0 Å². The van der Waals surface area contributed by atoms with Crippen LogP contribution in [0.2, 0.25) is 0 Å². The molecule has 0 saturated heterocycles. The summed E-state index contributed by atoms with van der Waals surface area (Å²) in [5.74, 6) is 0.854. The van der Waals surface area contributed by atoms with Crippen LogP contribution < -0.4 is 5.32 Å². The van der Waals surface area contributed by atoms with Crippen LogP contribution in [-0.4, -0.2) is 13.1 Å². The van der Waals surface area contributed by atoms with E-state index in [1.165, 1.54) is 25.7 Å². The van der Waals surface area contributed by atoms with Gasteiger partial charge in [-0.15, -0.1) is 6.58 Å². The van der Waals surface area contributed by atoms with Gasteiger partial charge in [0.1, 0.15) is 0 Å². The van der Waals surface area contributed by atoms with E-state index >= 15 is 0 Å². The minimum absolute atomic E-state index is 0.537. The molecule has 1 fully saturated rings. The van der Waals surface area contributed by atoms with Crippen molar-refractivity contribution in [3.63, 3.8) is 0 Å². The molecule has 2 unspecified atom stereocenters. The van der Waals surface area contributed by atoms with Crippen LogP contribution in [0.3, 0.4) is 0 Å². The monoisotopic (exact) mass is 195 g/mol. The molecule has 1 heteroatoms. The molecule has 14 heavy (non-hydrogen) atoms. The molecule has 1 rings (SSSR count). The SMILES string of the molecule is C=CCCC(NC)C1CCCC1(C)C. The summed E-state index contributed by atoms with van der Waals surface area (Å²) in [6.07, 6.45) is 8.61. The topological polar surface area (TPSA) is 12.0 Å². The molecule has 1 N–H and O–H groups in total. The van der Waals surface area contributed by atoms with Crippen molar-refractivity contribution >= 4 is 0 Å². The van der Waals surface area contributed by atoms with Gasteiger partial charge in [0.15, 0.2) is 0 Å². The zero-order chi connectivity index (χ0) is 10.6. The first-order valence-electron chi connectivity index (χ1n) is 5.90. The zero-order valence-corrected chi connectivity index (χ0v) is 9.97. The lowest BCUT2D eigenvalue weighted by atomic mass is 9.76. The van der Waals surface area contributed by atoms with Crippen LogP contribution in [-0.2, 0) is 0 Å². The Hall–Kier alpha value is -0.300. The van der Waals surface area contributed by atoms with Crippen molar-refractivity contribution in [1.29, 1.82) is 0 Å². The Morgan fingerprint density at radius 2 is 2.29 bits per heavy atom. The molecule has 1 saturated carbocycles. The van der Waals surface area contributed by atoms with Crippen LogP contribution in [0.1, 0.15) is 46.0 Å². The maximum atomic E-state index is 3.80.